The molecule has 37 heavy (non-hydrogen) atoms. The molecule has 0 amide bonds. The summed E-state index contributed by atoms with van der Waals surface area (Å²) in [5.74, 6) is -0.959. The van der Waals surface area contributed by atoms with E-state index in [1.54, 1.807) is 24.5 Å². The highest BCUT2D eigenvalue weighted by Gasteiger charge is 2.20. The van der Waals surface area contributed by atoms with E-state index in [4.69, 9.17) is 0 Å². The highest BCUT2D eigenvalue weighted by Crippen LogP contribution is 2.26. The maximum atomic E-state index is 12.8. The van der Waals surface area contributed by atoms with Gasteiger partial charge in [-0.1, -0.05) is 39.5 Å². The first-order valence-electron chi connectivity index (χ1n) is 10.8. The number of carbonyl (C=O) groups excluding carboxylic acids is 2. The van der Waals surface area contributed by atoms with Crippen LogP contribution in [-0.2, 0) is 6.42 Å². The molecule has 4 aromatic rings. The van der Waals surface area contributed by atoms with Gasteiger partial charge in [0.1, 0.15) is 16.5 Å². The monoisotopic (exact) mass is 602 g/mol. The first-order valence-corrected chi connectivity index (χ1v) is 14.1. The number of alkyl halides is 1. The molecule has 0 aliphatic heterocycles. The van der Waals surface area contributed by atoms with Crippen LogP contribution in [0.2, 0.25) is 0 Å². The molecule has 2 aromatic carbocycles. The second-order valence-corrected chi connectivity index (χ2v) is 9.81. The van der Waals surface area contributed by atoms with Gasteiger partial charge in [-0.2, -0.15) is 0 Å². The van der Waals surface area contributed by atoms with E-state index >= 15 is 0 Å². The molecule has 0 aliphatic rings. The second-order valence-electron chi connectivity index (χ2n) is 7.34. The summed E-state index contributed by atoms with van der Waals surface area (Å²) in [5.41, 5.74) is 2.19. The molecule has 0 fully saturated rings. The third-order valence-electron chi connectivity index (χ3n) is 4.84. The quantitative estimate of drug-likeness (QED) is 0.0988. The first kappa shape index (κ1) is 28.5. The third kappa shape index (κ3) is 8.51. The van der Waals surface area contributed by atoms with Gasteiger partial charge in [0.05, 0.1) is 17.8 Å². The van der Waals surface area contributed by atoms with Gasteiger partial charge in [0.25, 0.3) is 0 Å². The summed E-state index contributed by atoms with van der Waals surface area (Å²) in [4.78, 5) is 40.2. The Bertz CT molecular complexity index is 1360. The Morgan fingerprint density at radius 3 is 1.86 bits per heavy atom. The Kier molecular flexibility index (Phi) is 10.8. The van der Waals surface area contributed by atoms with Crippen LogP contribution in [0.3, 0.4) is 0 Å². The molecular weight excluding hydrogens is 582 g/mol. The van der Waals surface area contributed by atoms with Crippen LogP contribution in [-0.4, -0.2) is 44.0 Å². The number of ketones is 2. The normalized spacial score (nSPS) is 11.3. The molecule has 6 nitrogen and oxygen atoms in total. The number of benzene rings is 2. The molecule has 11 heteroatoms. The van der Waals surface area contributed by atoms with Crippen molar-refractivity contribution in [1.29, 1.82) is 0 Å². The number of halogens is 3. The highest BCUT2D eigenvalue weighted by atomic mass is 79.9. The molecule has 0 aliphatic carbocycles. The number of nitrogens with zero attached hydrogens (tertiary/aromatic N) is 4. The number of Topliss-reactive ketones (excluding diaryl/α,β-unsaturated/α-hetero) is 2. The Hall–Kier alpha value is -3.02. The van der Waals surface area contributed by atoms with Crippen LogP contribution in [0.4, 0.5) is 8.78 Å². The van der Waals surface area contributed by atoms with E-state index in [1.165, 1.54) is 72.1 Å². The summed E-state index contributed by atoms with van der Waals surface area (Å²) in [6, 6.07) is 14.4. The average molecular weight is 604 g/mol. The summed E-state index contributed by atoms with van der Waals surface area (Å²) in [6.07, 6.45) is 7.18. The lowest BCUT2D eigenvalue weighted by molar-refractivity contribution is 0.0982. The van der Waals surface area contributed by atoms with E-state index < -0.39 is 4.83 Å². The largest absolute Gasteiger partial charge is 0.294 e. The van der Waals surface area contributed by atoms with Gasteiger partial charge in [0, 0.05) is 23.5 Å². The van der Waals surface area contributed by atoms with E-state index in [1.807, 2.05) is 12.5 Å². The molecule has 190 valence electrons. The number of rotatable bonds is 8. The Labute approximate surface area is 229 Å². The molecule has 1 atom stereocenters. The van der Waals surface area contributed by atoms with E-state index in [2.05, 4.69) is 35.9 Å². The van der Waals surface area contributed by atoms with Gasteiger partial charge in [-0.25, -0.2) is 28.7 Å². The van der Waals surface area contributed by atoms with Crippen molar-refractivity contribution in [2.24, 2.45) is 0 Å². The molecule has 0 saturated heterocycles. The summed E-state index contributed by atoms with van der Waals surface area (Å²) in [7, 11) is 0. The van der Waals surface area contributed by atoms with Crippen molar-refractivity contribution in [1.82, 2.24) is 19.9 Å². The van der Waals surface area contributed by atoms with Gasteiger partial charge < -0.3 is 0 Å². The molecule has 0 radical (unpaired) electrons. The second kappa shape index (κ2) is 14.1. The topological polar surface area (TPSA) is 85.7 Å². The zero-order chi connectivity index (χ0) is 26.8. The van der Waals surface area contributed by atoms with Crippen molar-refractivity contribution in [3.8, 4) is 0 Å². The van der Waals surface area contributed by atoms with Gasteiger partial charge in [0.15, 0.2) is 21.9 Å². The van der Waals surface area contributed by atoms with Crippen molar-refractivity contribution in [3.63, 3.8) is 0 Å². The van der Waals surface area contributed by atoms with Crippen LogP contribution < -0.4 is 0 Å². The standard InChI is InChI=1S/C13H10BrFN2OS.C13H11FN2OS/c1-19-13-16-7-6-10(17-13)11(14)12(18)8-2-4-9(15)5-3-8;1-18-13-15-7-6-11(16-13)8-12(17)9-2-4-10(14)5-3-9/h2-7,11H,1H3;2-7H,8H2,1H3. The smallest absolute Gasteiger partial charge is 0.187 e. The zero-order valence-corrected chi connectivity index (χ0v) is 23.0. The Morgan fingerprint density at radius 2 is 1.30 bits per heavy atom. The Morgan fingerprint density at radius 1 is 0.784 bits per heavy atom. The van der Waals surface area contributed by atoms with Gasteiger partial charge >= 0.3 is 0 Å². The molecule has 0 N–H and O–H groups in total. The molecule has 0 bridgehead atoms. The van der Waals surface area contributed by atoms with Crippen LogP contribution in [0.1, 0.15) is 36.9 Å². The lowest BCUT2D eigenvalue weighted by Gasteiger charge is -2.09. The number of aromatic nitrogens is 4. The molecular formula is C26H21BrF2N4O2S2. The molecule has 2 heterocycles. The van der Waals surface area contributed by atoms with E-state index in [0.29, 0.717) is 32.8 Å². The lowest BCUT2D eigenvalue weighted by atomic mass is 10.1. The summed E-state index contributed by atoms with van der Waals surface area (Å²) in [5, 5.41) is 1.24. The average Bonchev–Trinajstić information content (AvgIpc) is 2.93. The molecule has 0 saturated carbocycles. The SMILES string of the molecule is CSc1nccc(C(Br)C(=O)c2ccc(F)cc2)n1.CSc1nccc(CC(=O)c2ccc(F)cc2)n1. The van der Waals surface area contributed by atoms with Crippen molar-refractivity contribution in [3.05, 3.63) is 107 Å². The van der Waals surface area contributed by atoms with Crippen LogP contribution in [0.25, 0.3) is 0 Å². The van der Waals surface area contributed by atoms with Crippen LogP contribution in [0.15, 0.2) is 83.4 Å². The minimum atomic E-state index is -0.563. The fraction of sp³-hybridized carbons (Fsp3) is 0.154. The Balaban J connectivity index is 0.000000206. The minimum Gasteiger partial charge on any atom is -0.294 e. The summed E-state index contributed by atoms with van der Waals surface area (Å²) < 4.78 is 25.6. The molecule has 0 spiro atoms. The minimum absolute atomic E-state index is 0.0826. The first-order chi connectivity index (χ1) is 17.8. The van der Waals surface area contributed by atoms with Gasteiger partial charge in [0.2, 0.25) is 0 Å². The molecule has 1 unspecified atom stereocenters. The lowest BCUT2D eigenvalue weighted by Crippen LogP contribution is -2.09. The van der Waals surface area contributed by atoms with Crippen LogP contribution >= 0.6 is 39.5 Å². The van der Waals surface area contributed by atoms with Gasteiger partial charge in [-0.3, -0.25) is 9.59 Å². The van der Waals surface area contributed by atoms with E-state index in [-0.39, 0.29) is 29.6 Å². The number of hydrogen-bond acceptors (Lipinski definition) is 8. The van der Waals surface area contributed by atoms with Crippen molar-refractivity contribution in [2.45, 2.75) is 21.6 Å². The van der Waals surface area contributed by atoms with Crippen molar-refractivity contribution < 1.29 is 18.4 Å². The highest BCUT2D eigenvalue weighted by molar-refractivity contribution is 9.09. The third-order valence-corrected chi connectivity index (χ3v) is 6.85. The number of carbonyl (C=O) groups is 2. The van der Waals surface area contributed by atoms with E-state index in [0.717, 1.165) is 0 Å². The van der Waals surface area contributed by atoms with Crippen LogP contribution in [0.5, 0.6) is 0 Å². The molecule has 4 rings (SSSR count). The number of hydrogen-bond donors (Lipinski definition) is 0. The van der Waals surface area contributed by atoms with Gasteiger partial charge in [-0.05, 0) is 73.2 Å². The van der Waals surface area contributed by atoms with Crippen LogP contribution in [0, 0.1) is 11.6 Å². The molecule has 2 aromatic heterocycles. The predicted octanol–water partition coefficient (Wildman–Crippen LogP) is 6.42. The van der Waals surface area contributed by atoms with Crippen molar-refractivity contribution in [2.75, 3.05) is 12.5 Å². The maximum Gasteiger partial charge on any atom is 0.187 e. The number of thioether (sulfide) groups is 2. The summed E-state index contributed by atoms with van der Waals surface area (Å²) in [6.45, 7) is 0. The predicted molar refractivity (Wildman–Crippen MR) is 144 cm³/mol. The summed E-state index contributed by atoms with van der Waals surface area (Å²) >= 11 is 6.16. The van der Waals surface area contributed by atoms with Gasteiger partial charge in [-0.15, -0.1) is 0 Å². The van der Waals surface area contributed by atoms with Crippen molar-refractivity contribution >= 4 is 51.0 Å². The fourth-order valence-corrected chi connectivity index (χ4v) is 4.22. The fourth-order valence-electron chi connectivity index (χ4n) is 2.96. The zero-order valence-electron chi connectivity index (χ0n) is 19.8. The maximum absolute atomic E-state index is 12.8. The van der Waals surface area contributed by atoms with E-state index in [9.17, 15) is 18.4 Å².